The van der Waals surface area contributed by atoms with E-state index in [1.165, 1.54) is 0 Å². The predicted molar refractivity (Wildman–Crippen MR) is 140 cm³/mol. The number of pyridine rings is 2. The van der Waals surface area contributed by atoms with Crippen molar-refractivity contribution < 1.29 is 18.7 Å². The van der Waals surface area contributed by atoms with Crippen LogP contribution in [0.4, 0.5) is 11.6 Å². The smallest absolute Gasteiger partial charge is 0.257 e. The van der Waals surface area contributed by atoms with E-state index in [1.807, 2.05) is 54.6 Å². The van der Waals surface area contributed by atoms with Crippen LogP contribution in [-0.2, 0) is 16.1 Å². The first-order chi connectivity index (χ1) is 18.1. The molecule has 0 atom stereocenters. The molecule has 0 saturated heterocycles. The maximum atomic E-state index is 13.2. The minimum Gasteiger partial charge on any atom is -0.497 e. The molecule has 3 aromatic heterocycles. The highest BCUT2D eigenvalue weighted by atomic mass is 16.5. The molecule has 1 amide bonds. The number of oxazole rings is 1. The van der Waals surface area contributed by atoms with Gasteiger partial charge >= 0.3 is 0 Å². The molecule has 5 aromatic rings. The Morgan fingerprint density at radius 2 is 1.89 bits per heavy atom. The van der Waals surface area contributed by atoms with Crippen molar-refractivity contribution in [3.8, 4) is 17.2 Å². The van der Waals surface area contributed by atoms with E-state index in [-0.39, 0.29) is 5.91 Å². The molecule has 37 heavy (non-hydrogen) atoms. The number of amides is 1. The van der Waals surface area contributed by atoms with E-state index in [0.717, 1.165) is 16.3 Å². The lowest BCUT2D eigenvalue weighted by Gasteiger charge is -2.17. The van der Waals surface area contributed by atoms with Gasteiger partial charge in [0.05, 0.1) is 19.3 Å². The largest absolute Gasteiger partial charge is 0.497 e. The molecule has 6 rings (SSSR count). The van der Waals surface area contributed by atoms with E-state index in [1.54, 1.807) is 26.6 Å². The summed E-state index contributed by atoms with van der Waals surface area (Å²) in [5.41, 5.74) is 2.19. The maximum absolute atomic E-state index is 13.2. The van der Waals surface area contributed by atoms with Crippen LogP contribution in [0.3, 0.4) is 0 Å². The van der Waals surface area contributed by atoms with E-state index >= 15 is 0 Å². The summed E-state index contributed by atoms with van der Waals surface area (Å²) in [4.78, 5) is 26.8. The highest BCUT2D eigenvalue weighted by molar-refractivity contribution is 6.04. The zero-order valence-electron chi connectivity index (χ0n) is 20.4. The molecule has 9 nitrogen and oxygen atoms in total. The van der Waals surface area contributed by atoms with Crippen molar-refractivity contribution in [3.05, 3.63) is 72.6 Å². The fourth-order valence-electron chi connectivity index (χ4n) is 4.30. The molecule has 1 aliphatic rings. The lowest BCUT2D eigenvalue weighted by Crippen LogP contribution is -2.32. The molecule has 3 heterocycles. The zero-order valence-corrected chi connectivity index (χ0v) is 20.4. The van der Waals surface area contributed by atoms with Crippen LogP contribution in [0.2, 0.25) is 0 Å². The number of nitrogens with zero attached hydrogens (tertiary/aromatic N) is 3. The van der Waals surface area contributed by atoms with E-state index < -0.39 is 5.60 Å². The van der Waals surface area contributed by atoms with Crippen LogP contribution in [-0.4, -0.2) is 40.6 Å². The molecule has 186 valence electrons. The molecule has 0 bridgehead atoms. The Labute approximate surface area is 212 Å². The summed E-state index contributed by atoms with van der Waals surface area (Å²) in [6.07, 6.45) is 4.73. The maximum Gasteiger partial charge on any atom is 0.257 e. The normalized spacial score (nSPS) is 14.0. The highest BCUT2D eigenvalue weighted by Crippen LogP contribution is 2.41. The Kier molecular flexibility index (Phi) is 5.69. The van der Waals surface area contributed by atoms with E-state index in [4.69, 9.17) is 13.9 Å². The van der Waals surface area contributed by atoms with Gasteiger partial charge in [0.15, 0.2) is 5.58 Å². The summed E-state index contributed by atoms with van der Waals surface area (Å²) in [6.45, 7) is 0.378. The topological polar surface area (TPSA) is 111 Å². The molecule has 1 aliphatic carbocycles. The summed E-state index contributed by atoms with van der Waals surface area (Å²) in [6, 6.07) is 17.1. The second kappa shape index (κ2) is 9.18. The first kappa shape index (κ1) is 22.9. The van der Waals surface area contributed by atoms with E-state index in [9.17, 15) is 4.79 Å². The number of nitrogens with one attached hydrogen (secondary N) is 2. The molecule has 2 aromatic carbocycles. The second-order valence-corrected chi connectivity index (χ2v) is 8.96. The highest BCUT2D eigenvalue weighted by Gasteiger charge is 2.51. The van der Waals surface area contributed by atoms with Gasteiger partial charge in [0.2, 0.25) is 5.89 Å². The SMILES string of the molecule is CNc1ncc(-c2nc3cc(OC)ccc3o2)c2cc(NC(=O)C3(OCc4ccccc4)CC3)ncc12. The summed E-state index contributed by atoms with van der Waals surface area (Å²) < 4.78 is 17.4. The number of hydrogen-bond acceptors (Lipinski definition) is 8. The zero-order chi connectivity index (χ0) is 25.4. The van der Waals surface area contributed by atoms with Gasteiger partial charge in [0.25, 0.3) is 5.91 Å². The van der Waals surface area contributed by atoms with Crippen LogP contribution in [0.15, 0.2) is 71.4 Å². The summed E-state index contributed by atoms with van der Waals surface area (Å²) in [5.74, 6) is 1.98. The van der Waals surface area contributed by atoms with E-state index in [0.29, 0.717) is 59.4 Å². The van der Waals surface area contributed by atoms with Gasteiger partial charge in [-0.2, -0.15) is 0 Å². The first-order valence-electron chi connectivity index (χ1n) is 12.0. The van der Waals surface area contributed by atoms with Gasteiger partial charge in [-0.25, -0.2) is 15.0 Å². The third-order valence-corrected chi connectivity index (χ3v) is 6.55. The van der Waals surface area contributed by atoms with Gasteiger partial charge in [0, 0.05) is 36.3 Å². The van der Waals surface area contributed by atoms with Crippen LogP contribution in [0.1, 0.15) is 18.4 Å². The van der Waals surface area contributed by atoms with Gasteiger partial charge in [0.1, 0.15) is 28.5 Å². The minimum absolute atomic E-state index is 0.200. The monoisotopic (exact) mass is 495 g/mol. The van der Waals surface area contributed by atoms with Crippen molar-refractivity contribution in [3.63, 3.8) is 0 Å². The van der Waals surface area contributed by atoms with Crippen LogP contribution >= 0.6 is 0 Å². The van der Waals surface area contributed by atoms with Gasteiger partial charge in [-0.05, 0) is 36.6 Å². The summed E-state index contributed by atoms with van der Waals surface area (Å²) >= 11 is 0. The first-order valence-corrected chi connectivity index (χ1v) is 12.0. The minimum atomic E-state index is -0.830. The number of anilines is 2. The Morgan fingerprint density at radius 1 is 1.05 bits per heavy atom. The Bertz CT molecular complexity index is 1610. The van der Waals surface area contributed by atoms with Crippen LogP contribution < -0.4 is 15.4 Å². The summed E-state index contributed by atoms with van der Waals surface area (Å²) in [5, 5.41) is 7.61. The van der Waals surface area contributed by atoms with Gasteiger partial charge < -0.3 is 24.5 Å². The average molecular weight is 496 g/mol. The number of methoxy groups -OCH3 is 1. The molecular weight excluding hydrogens is 470 g/mol. The van der Waals surface area contributed by atoms with Crippen molar-refractivity contribution >= 4 is 39.4 Å². The number of rotatable bonds is 8. The summed E-state index contributed by atoms with van der Waals surface area (Å²) in [7, 11) is 3.40. The quantitative estimate of drug-likeness (QED) is 0.303. The number of carbonyl (C=O) groups excluding carboxylic acids is 1. The number of fused-ring (bicyclic) bond motifs is 2. The van der Waals surface area contributed by atoms with Crippen molar-refractivity contribution in [2.75, 3.05) is 24.8 Å². The van der Waals surface area contributed by atoms with Gasteiger partial charge in [-0.3, -0.25) is 4.79 Å². The number of benzene rings is 2. The fraction of sp³-hybridized carbons (Fsp3) is 0.214. The molecule has 0 spiro atoms. The predicted octanol–water partition coefficient (Wildman–Crippen LogP) is 5.18. The van der Waals surface area contributed by atoms with Crippen LogP contribution in [0.5, 0.6) is 5.75 Å². The molecular formula is C28H25N5O4. The molecule has 0 unspecified atom stereocenters. The van der Waals surface area contributed by atoms with Crippen LogP contribution in [0.25, 0.3) is 33.3 Å². The number of ether oxygens (including phenoxy) is 2. The van der Waals surface area contributed by atoms with Crippen molar-refractivity contribution in [1.29, 1.82) is 0 Å². The van der Waals surface area contributed by atoms with E-state index in [2.05, 4.69) is 25.6 Å². The van der Waals surface area contributed by atoms with Gasteiger partial charge in [-0.1, -0.05) is 30.3 Å². The van der Waals surface area contributed by atoms with Crippen molar-refractivity contribution in [1.82, 2.24) is 15.0 Å². The Morgan fingerprint density at radius 3 is 2.65 bits per heavy atom. The Hall–Kier alpha value is -4.50. The Balaban J connectivity index is 1.31. The standard InChI is InChI=1S/C28H25N5O4/c1-29-25-20-14-30-24(33-27(34)28(10-11-28)36-16-17-6-4-3-5-7-17)13-19(20)21(15-31-25)26-32-22-12-18(35-2)8-9-23(22)37-26/h3-9,12-15H,10-11,16H2,1-2H3,(H,29,31)(H,30,33,34). The van der Waals surface area contributed by atoms with Crippen molar-refractivity contribution in [2.45, 2.75) is 25.0 Å². The lowest BCUT2D eigenvalue weighted by molar-refractivity contribution is -0.131. The molecule has 0 radical (unpaired) electrons. The molecule has 1 fully saturated rings. The lowest BCUT2D eigenvalue weighted by atomic mass is 10.1. The molecule has 9 heteroatoms. The fourth-order valence-corrected chi connectivity index (χ4v) is 4.30. The number of aromatic nitrogens is 3. The van der Waals surface area contributed by atoms with Gasteiger partial charge in [-0.15, -0.1) is 0 Å². The number of hydrogen-bond donors (Lipinski definition) is 2. The molecule has 1 saturated carbocycles. The number of carbonyl (C=O) groups is 1. The van der Waals surface area contributed by atoms with Crippen LogP contribution in [0, 0.1) is 0 Å². The third-order valence-electron chi connectivity index (χ3n) is 6.55. The average Bonchev–Trinajstić information content (AvgIpc) is 3.62. The van der Waals surface area contributed by atoms with Crippen molar-refractivity contribution in [2.24, 2.45) is 0 Å². The molecule has 2 N–H and O–H groups in total. The molecule has 0 aliphatic heterocycles. The third kappa shape index (κ3) is 4.34. The second-order valence-electron chi connectivity index (χ2n) is 8.96.